The summed E-state index contributed by atoms with van der Waals surface area (Å²) < 4.78 is 0. The highest BCUT2D eigenvalue weighted by Gasteiger charge is 2.29. The molecule has 1 N–H and O–H groups in total. The highest BCUT2D eigenvalue weighted by atomic mass is 15.3. The number of rotatable bonds is 4. The predicted octanol–water partition coefficient (Wildman–Crippen LogP) is 1.80. The molecular weight excluding hydrogens is 252 g/mol. The summed E-state index contributed by atoms with van der Waals surface area (Å²) in [7, 11) is 0. The monoisotopic (exact) mass is 272 g/mol. The summed E-state index contributed by atoms with van der Waals surface area (Å²) in [6, 6.07) is 2.30. The number of nitrogens with one attached hydrogen (secondary N) is 1. The molecule has 0 unspecified atom stereocenters. The lowest BCUT2D eigenvalue weighted by molar-refractivity contribution is 0.237. The van der Waals surface area contributed by atoms with Gasteiger partial charge >= 0.3 is 0 Å². The van der Waals surface area contributed by atoms with Gasteiger partial charge < -0.3 is 0 Å². The first-order valence-electron chi connectivity index (χ1n) is 7.20. The molecule has 1 fully saturated rings. The predicted molar refractivity (Wildman–Crippen MR) is 74.9 cm³/mol. The quantitative estimate of drug-likeness (QED) is 0.919. The maximum absolute atomic E-state index is 4.59. The van der Waals surface area contributed by atoms with E-state index in [4.69, 9.17) is 0 Å². The van der Waals surface area contributed by atoms with E-state index >= 15 is 0 Å². The van der Waals surface area contributed by atoms with Crippen molar-refractivity contribution < 1.29 is 0 Å². The van der Waals surface area contributed by atoms with Crippen molar-refractivity contribution in [1.29, 1.82) is 0 Å². The Morgan fingerprint density at radius 2 is 2.30 bits per heavy atom. The number of hydrogen-bond donors (Lipinski definition) is 1. The van der Waals surface area contributed by atoms with Crippen LogP contribution in [0.5, 0.6) is 0 Å². The van der Waals surface area contributed by atoms with Crippen molar-refractivity contribution in [3.05, 3.63) is 35.4 Å². The smallest absolute Gasteiger partial charge is 0.167 e. The Hall–Kier alpha value is -1.82. The fourth-order valence-electron chi connectivity index (χ4n) is 2.72. The molecule has 2 aromatic rings. The Morgan fingerprint density at radius 3 is 3.05 bits per heavy atom. The lowest BCUT2D eigenvalue weighted by Gasteiger charge is -2.21. The van der Waals surface area contributed by atoms with E-state index in [0.717, 1.165) is 49.1 Å². The first-order chi connectivity index (χ1) is 9.76. The van der Waals surface area contributed by atoms with Crippen molar-refractivity contribution in [3.8, 4) is 0 Å². The average Bonchev–Trinajstić information content (AvgIpc) is 3.08. The molecule has 3 rings (SSSR count). The second kappa shape index (κ2) is 5.66. The van der Waals surface area contributed by atoms with Crippen LogP contribution >= 0.6 is 0 Å². The molecule has 0 aromatic carbocycles. The summed E-state index contributed by atoms with van der Waals surface area (Å²) in [4.78, 5) is 15.7. The fourth-order valence-corrected chi connectivity index (χ4v) is 2.72. The Kier molecular flexibility index (Phi) is 3.73. The zero-order valence-corrected chi connectivity index (χ0v) is 12.0. The molecule has 1 aliphatic rings. The zero-order valence-electron chi connectivity index (χ0n) is 12.0. The molecule has 0 amide bonds. The van der Waals surface area contributed by atoms with Gasteiger partial charge in [-0.2, -0.15) is 5.10 Å². The van der Waals surface area contributed by atoms with Crippen molar-refractivity contribution >= 4 is 0 Å². The minimum atomic E-state index is 0.306. The summed E-state index contributed by atoms with van der Waals surface area (Å²) in [5.74, 6) is 2.69. The Balaban J connectivity index is 1.75. The summed E-state index contributed by atoms with van der Waals surface area (Å²) in [6.45, 7) is 5.93. The van der Waals surface area contributed by atoms with Gasteiger partial charge in [-0.15, -0.1) is 0 Å². The van der Waals surface area contributed by atoms with Crippen LogP contribution in [0.25, 0.3) is 0 Å². The Labute approximate surface area is 118 Å². The van der Waals surface area contributed by atoms with Gasteiger partial charge in [0.25, 0.3) is 0 Å². The van der Waals surface area contributed by atoms with Crippen LogP contribution in [-0.2, 0) is 13.0 Å². The van der Waals surface area contributed by atoms with Crippen LogP contribution in [0.1, 0.15) is 49.0 Å². The molecule has 1 saturated heterocycles. The van der Waals surface area contributed by atoms with E-state index in [0.29, 0.717) is 6.04 Å². The summed E-state index contributed by atoms with van der Waals surface area (Å²) >= 11 is 0. The van der Waals surface area contributed by atoms with Gasteiger partial charge in [-0.1, -0.05) is 6.92 Å². The minimum Gasteiger partial charge on any atom is -0.287 e. The van der Waals surface area contributed by atoms with E-state index in [9.17, 15) is 0 Å². The number of nitrogens with zero attached hydrogens (tertiary/aromatic N) is 5. The summed E-state index contributed by atoms with van der Waals surface area (Å²) in [6.07, 6.45) is 5.02. The maximum atomic E-state index is 4.59. The van der Waals surface area contributed by atoms with E-state index in [1.165, 1.54) is 6.42 Å². The molecule has 2 aromatic heterocycles. The third kappa shape index (κ3) is 2.70. The topological polar surface area (TPSA) is 70.6 Å². The third-order valence-corrected chi connectivity index (χ3v) is 3.72. The van der Waals surface area contributed by atoms with Crippen molar-refractivity contribution in [2.45, 2.75) is 45.7 Å². The standard InChI is InChI=1S/C14H20N6/c1-3-13-15-7-6-11(17-13)9-20-8-4-5-12(20)14-16-10(2)18-19-14/h6-7,12H,3-5,8-9H2,1-2H3,(H,16,18,19)/t12-/m0/s1. The molecule has 3 heterocycles. The molecule has 0 bridgehead atoms. The van der Waals surface area contributed by atoms with E-state index in [1.807, 2.05) is 19.2 Å². The zero-order chi connectivity index (χ0) is 13.9. The van der Waals surface area contributed by atoms with Gasteiger partial charge in [-0.25, -0.2) is 15.0 Å². The van der Waals surface area contributed by atoms with Gasteiger partial charge in [0, 0.05) is 19.2 Å². The lowest BCUT2D eigenvalue weighted by atomic mass is 10.2. The van der Waals surface area contributed by atoms with E-state index in [-0.39, 0.29) is 0 Å². The van der Waals surface area contributed by atoms with Crippen molar-refractivity contribution in [2.75, 3.05) is 6.54 Å². The molecule has 0 saturated carbocycles. The van der Waals surface area contributed by atoms with Gasteiger partial charge in [0.15, 0.2) is 5.82 Å². The molecule has 0 radical (unpaired) electrons. The Morgan fingerprint density at radius 1 is 1.40 bits per heavy atom. The van der Waals surface area contributed by atoms with Crippen LogP contribution in [0.15, 0.2) is 12.3 Å². The highest BCUT2D eigenvalue weighted by molar-refractivity contribution is 5.05. The molecule has 1 aliphatic heterocycles. The van der Waals surface area contributed by atoms with Crippen LogP contribution in [0, 0.1) is 6.92 Å². The second-order valence-corrected chi connectivity index (χ2v) is 5.23. The van der Waals surface area contributed by atoms with Crippen LogP contribution < -0.4 is 0 Å². The van der Waals surface area contributed by atoms with Crippen LogP contribution in [-0.4, -0.2) is 36.6 Å². The van der Waals surface area contributed by atoms with Gasteiger partial charge in [0.1, 0.15) is 11.6 Å². The van der Waals surface area contributed by atoms with Crippen LogP contribution in [0.2, 0.25) is 0 Å². The molecule has 0 spiro atoms. The number of hydrogen-bond acceptors (Lipinski definition) is 5. The van der Waals surface area contributed by atoms with Gasteiger partial charge in [-0.05, 0) is 32.4 Å². The first-order valence-corrected chi connectivity index (χ1v) is 7.20. The number of H-pyrrole nitrogens is 1. The Bertz CT molecular complexity index is 579. The number of aromatic amines is 1. The number of likely N-dealkylation sites (tertiary alicyclic amines) is 1. The molecule has 6 heteroatoms. The normalized spacial score (nSPS) is 19.6. The largest absolute Gasteiger partial charge is 0.287 e. The molecule has 20 heavy (non-hydrogen) atoms. The van der Waals surface area contributed by atoms with E-state index < -0.39 is 0 Å². The molecule has 0 aliphatic carbocycles. The minimum absolute atomic E-state index is 0.306. The highest BCUT2D eigenvalue weighted by Crippen LogP contribution is 2.30. The molecule has 1 atom stereocenters. The SMILES string of the molecule is CCc1nccc(CN2CCC[C@H]2c2n[nH]c(C)n2)n1. The van der Waals surface area contributed by atoms with Gasteiger partial charge in [0.05, 0.1) is 11.7 Å². The fraction of sp³-hybridized carbons (Fsp3) is 0.571. The number of aryl methyl sites for hydroxylation is 2. The summed E-state index contributed by atoms with van der Waals surface area (Å²) in [5, 5.41) is 7.25. The second-order valence-electron chi connectivity index (χ2n) is 5.23. The van der Waals surface area contributed by atoms with E-state index in [1.54, 1.807) is 0 Å². The van der Waals surface area contributed by atoms with Gasteiger partial charge in [-0.3, -0.25) is 10.00 Å². The van der Waals surface area contributed by atoms with Crippen molar-refractivity contribution in [2.24, 2.45) is 0 Å². The maximum Gasteiger partial charge on any atom is 0.167 e. The van der Waals surface area contributed by atoms with Crippen molar-refractivity contribution in [1.82, 2.24) is 30.0 Å². The lowest BCUT2D eigenvalue weighted by Crippen LogP contribution is -2.24. The third-order valence-electron chi connectivity index (χ3n) is 3.72. The van der Waals surface area contributed by atoms with Crippen LogP contribution in [0.4, 0.5) is 0 Å². The molecular formula is C14H20N6. The summed E-state index contributed by atoms with van der Waals surface area (Å²) in [5.41, 5.74) is 1.08. The number of aromatic nitrogens is 5. The molecule has 6 nitrogen and oxygen atoms in total. The van der Waals surface area contributed by atoms with Gasteiger partial charge in [0.2, 0.25) is 0 Å². The first kappa shape index (κ1) is 13.2. The van der Waals surface area contributed by atoms with Crippen molar-refractivity contribution in [3.63, 3.8) is 0 Å². The van der Waals surface area contributed by atoms with E-state index in [2.05, 4.69) is 37.0 Å². The average molecular weight is 272 g/mol. The molecule has 106 valence electrons. The van der Waals surface area contributed by atoms with Crippen LogP contribution in [0.3, 0.4) is 0 Å².